The first-order valence-electron chi connectivity index (χ1n) is 7.44. The van der Waals surface area contributed by atoms with Crippen molar-refractivity contribution in [2.24, 2.45) is 5.92 Å². The molecule has 0 unspecified atom stereocenters. The van der Waals surface area contributed by atoms with Crippen LogP contribution in [0.3, 0.4) is 0 Å². The van der Waals surface area contributed by atoms with Gasteiger partial charge >= 0.3 is 0 Å². The number of aliphatic hydroxyl groups excluding tert-OH is 1. The summed E-state index contributed by atoms with van der Waals surface area (Å²) in [5.74, 6) is 0.711. The van der Waals surface area contributed by atoms with E-state index in [1.165, 1.54) is 25.7 Å². The molecule has 3 N–H and O–H groups in total. The van der Waals surface area contributed by atoms with E-state index >= 15 is 0 Å². The Morgan fingerprint density at radius 1 is 1.20 bits per heavy atom. The highest BCUT2D eigenvalue weighted by atomic mass is 16.3. The number of nitrogens with one attached hydrogen (secondary N) is 2. The van der Waals surface area contributed by atoms with E-state index in [4.69, 9.17) is 5.11 Å². The Hall–Kier alpha value is -1.55. The number of hydrogen-bond acceptors (Lipinski definition) is 3. The minimum Gasteiger partial charge on any atom is -0.395 e. The zero-order chi connectivity index (χ0) is 14.4. The van der Waals surface area contributed by atoms with Crippen molar-refractivity contribution in [3.8, 4) is 0 Å². The van der Waals surface area contributed by atoms with Gasteiger partial charge in [-0.25, -0.2) is 0 Å². The molecule has 1 saturated carbocycles. The van der Waals surface area contributed by atoms with Crippen molar-refractivity contribution in [1.82, 2.24) is 5.32 Å². The maximum atomic E-state index is 11.7. The summed E-state index contributed by atoms with van der Waals surface area (Å²) in [6, 6.07) is 8.10. The summed E-state index contributed by atoms with van der Waals surface area (Å²) in [7, 11) is 0. The van der Waals surface area contributed by atoms with Gasteiger partial charge in [-0.3, -0.25) is 4.79 Å². The van der Waals surface area contributed by atoms with E-state index in [0.717, 1.165) is 11.6 Å². The summed E-state index contributed by atoms with van der Waals surface area (Å²) in [5, 5.41) is 14.9. The zero-order valence-electron chi connectivity index (χ0n) is 12.1. The van der Waals surface area contributed by atoms with Crippen molar-refractivity contribution in [3.05, 3.63) is 29.8 Å². The lowest BCUT2D eigenvalue weighted by atomic mass is 9.87. The van der Waals surface area contributed by atoms with Crippen LogP contribution in [0.15, 0.2) is 24.3 Å². The predicted octanol–water partition coefficient (Wildman–Crippen LogP) is 2.40. The largest absolute Gasteiger partial charge is 0.395 e. The van der Waals surface area contributed by atoms with E-state index in [9.17, 15) is 4.79 Å². The lowest BCUT2D eigenvalue weighted by molar-refractivity contribution is 0.0945. The molecule has 1 aromatic carbocycles. The van der Waals surface area contributed by atoms with Gasteiger partial charge in [-0.2, -0.15) is 0 Å². The second-order valence-electron chi connectivity index (χ2n) is 5.66. The molecule has 0 atom stereocenters. The average molecular weight is 276 g/mol. The first kappa shape index (κ1) is 14.9. The quantitative estimate of drug-likeness (QED) is 0.774. The van der Waals surface area contributed by atoms with Crippen LogP contribution >= 0.6 is 0 Å². The highest BCUT2D eigenvalue weighted by Crippen LogP contribution is 2.26. The molecule has 1 fully saturated rings. The van der Waals surface area contributed by atoms with Crippen molar-refractivity contribution in [1.29, 1.82) is 0 Å². The van der Waals surface area contributed by atoms with Crippen molar-refractivity contribution in [2.75, 3.05) is 18.5 Å². The molecule has 110 valence electrons. The predicted molar refractivity (Wildman–Crippen MR) is 80.9 cm³/mol. The standard InChI is InChI=1S/C16H24N2O2/c1-12-2-6-14(7-3-12)18-15-8-4-13(5-9-15)16(20)17-10-11-19/h4-5,8-9,12,14,18-19H,2-3,6-7,10-11H2,1H3,(H,17,20). The van der Waals surface area contributed by atoms with Gasteiger partial charge < -0.3 is 15.7 Å². The average Bonchev–Trinajstić information content (AvgIpc) is 2.48. The fourth-order valence-electron chi connectivity index (χ4n) is 2.63. The van der Waals surface area contributed by atoms with Crippen LogP contribution < -0.4 is 10.6 Å². The molecular weight excluding hydrogens is 252 g/mol. The van der Waals surface area contributed by atoms with E-state index in [1.807, 2.05) is 24.3 Å². The van der Waals surface area contributed by atoms with E-state index in [-0.39, 0.29) is 12.5 Å². The van der Waals surface area contributed by atoms with Gasteiger partial charge in [0.25, 0.3) is 5.91 Å². The topological polar surface area (TPSA) is 61.4 Å². The van der Waals surface area contributed by atoms with Crippen molar-refractivity contribution in [2.45, 2.75) is 38.6 Å². The fourth-order valence-corrected chi connectivity index (χ4v) is 2.63. The number of carbonyl (C=O) groups is 1. The first-order valence-corrected chi connectivity index (χ1v) is 7.44. The molecule has 2 rings (SSSR count). The highest BCUT2D eigenvalue weighted by Gasteiger charge is 2.17. The van der Waals surface area contributed by atoms with Crippen LogP contribution in [0, 0.1) is 5.92 Å². The smallest absolute Gasteiger partial charge is 0.251 e. The molecule has 0 radical (unpaired) electrons. The monoisotopic (exact) mass is 276 g/mol. The van der Waals surface area contributed by atoms with Gasteiger partial charge in [-0.1, -0.05) is 6.92 Å². The molecule has 4 nitrogen and oxygen atoms in total. The van der Waals surface area contributed by atoms with Gasteiger partial charge in [0.15, 0.2) is 0 Å². The maximum Gasteiger partial charge on any atom is 0.251 e. The molecule has 0 aliphatic heterocycles. The van der Waals surface area contributed by atoms with E-state index in [0.29, 0.717) is 18.2 Å². The van der Waals surface area contributed by atoms with Crippen molar-refractivity contribution >= 4 is 11.6 Å². The molecule has 1 aromatic rings. The van der Waals surface area contributed by atoms with E-state index in [2.05, 4.69) is 17.6 Å². The van der Waals surface area contributed by atoms with E-state index < -0.39 is 0 Å². The molecule has 1 aliphatic rings. The second-order valence-corrected chi connectivity index (χ2v) is 5.66. The summed E-state index contributed by atoms with van der Waals surface area (Å²) in [6.45, 7) is 2.57. The van der Waals surface area contributed by atoms with Gasteiger partial charge in [0, 0.05) is 23.8 Å². The number of benzene rings is 1. The third kappa shape index (κ3) is 4.23. The summed E-state index contributed by atoms with van der Waals surface area (Å²) in [5.41, 5.74) is 1.70. The van der Waals surface area contributed by atoms with Gasteiger partial charge in [0.2, 0.25) is 0 Å². The molecule has 1 amide bonds. The fraction of sp³-hybridized carbons (Fsp3) is 0.562. The van der Waals surface area contributed by atoms with Crippen LogP contribution in [0.25, 0.3) is 0 Å². The van der Waals surface area contributed by atoms with Gasteiger partial charge in [-0.05, 0) is 55.9 Å². The molecule has 0 aromatic heterocycles. The summed E-state index contributed by atoms with van der Waals surface area (Å²) < 4.78 is 0. The summed E-state index contributed by atoms with van der Waals surface area (Å²) in [6.07, 6.45) is 5.03. The molecule has 20 heavy (non-hydrogen) atoms. The molecule has 0 heterocycles. The number of anilines is 1. The van der Waals surface area contributed by atoms with Gasteiger partial charge in [-0.15, -0.1) is 0 Å². The SMILES string of the molecule is CC1CCC(Nc2ccc(C(=O)NCCO)cc2)CC1. The minimum absolute atomic E-state index is 0.0362. The zero-order valence-corrected chi connectivity index (χ0v) is 12.1. The lowest BCUT2D eigenvalue weighted by Gasteiger charge is -2.27. The minimum atomic E-state index is -0.142. The van der Waals surface area contributed by atoms with Crippen LogP contribution in [0.2, 0.25) is 0 Å². The molecule has 0 saturated heterocycles. The van der Waals surface area contributed by atoms with Crippen LogP contribution in [-0.4, -0.2) is 30.2 Å². The Morgan fingerprint density at radius 2 is 1.85 bits per heavy atom. The maximum absolute atomic E-state index is 11.7. The first-order chi connectivity index (χ1) is 9.69. The Morgan fingerprint density at radius 3 is 2.45 bits per heavy atom. The lowest BCUT2D eigenvalue weighted by Crippen LogP contribution is -2.26. The normalized spacial score (nSPS) is 22.3. The number of carbonyl (C=O) groups excluding carboxylic acids is 1. The summed E-state index contributed by atoms with van der Waals surface area (Å²) >= 11 is 0. The number of amides is 1. The number of hydrogen-bond donors (Lipinski definition) is 3. The second kappa shape index (κ2) is 7.29. The van der Waals surface area contributed by atoms with Gasteiger partial charge in [0.05, 0.1) is 6.61 Å². The molecular formula is C16H24N2O2. The molecule has 1 aliphatic carbocycles. The third-order valence-corrected chi connectivity index (χ3v) is 3.93. The Bertz CT molecular complexity index is 423. The van der Waals surface area contributed by atoms with Crippen LogP contribution in [0.5, 0.6) is 0 Å². The molecule has 4 heteroatoms. The third-order valence-electron chi connectivity index (χ3n) is 3.93. The highest BCUT2D eigenvalue weighted by molar-refractivity contribution is 5.94. The van der Waals surface area contributed by atoms with Crippen molar-refractivity contribution in [3.63, 3.8) is 0 Å². The van der Waals surface area contributed by atoms with Crippen molar-refractivity contribution < 1.29 is 9.90 Å². The molecule has 0 spiro atoms. The summed E-state index contributed by atoms with van der Waals surface area (Å²) in [4.78, 5) is 11.7. The number of rotatable bonds is 5. The number of aliphatic hydroxyl groups is 1. The van der Waals surface area contributed by atoms with Crippen LogP contribution in [-0.2, 0) is 0 Å². The van der Waals surface area contributed by atoms with E-state index in [1.54, 1.807) is 0 Å². The Labute approximate surface area is 120 Å². The Balaban J connectivity index is 1.86. The Kier molecular flexibility index (Phi) is 5.41. The van der Waals surface area contributed by atoms with Crippen LogP contribution in [0.4, 0.5) is 5.69 Å². The van der Waals surface area contributed by atoms with Gasteiger partial charge in [0.1, 0.15) is 0 Å². The van der Waals surface area contributed by atoms with Crippen LogP contribution in [0.1, 0.15) is 43.0 Å². The molecule has 0 bridgehead atoms.